The largest absolute Gasteiger partial charge is 0.469 e. The van der Waals surface area contributed by atoms with Crippen molar-refractivity contribution >= 4 is 0 Å². The van der Waals surface area contributed by atoms with E-state index >= 15 is 0 Å². The number of nitrogens with two attached hydrogens (primary N) is 1. The monoisotopic (exact) mass is 258 g/mol. The molecule has 2 aromatic rings. The number of furan rings is 1. The fraction of sp³-hybridized carbons (Fsp3) is 0.500. The van der Waals surface area contributed by atoms with Gasteiger partial charge in [-0.25, -0.2) is 0 Å². The van der Waals surface area contributed by atoms with Crippen LogP contribution < -0.4 is 5.73 Å². The summed E-state index contributed by atoms with van der Waals surface area (Å²) in [7, 11) is 0. The van der Waals surface area contributed by atoms with E-state index in [1.54, 1.807) is 6.26 Å². The van der Waals surface area contributed by atoms with Gasteiger partial charge in [-0.1, -0.05) is 13.8 Å². The van der Waals surface area contributed by atoms with E-state index in [2.05, 4.69) is 30.7 Å². The van der Waals surface area contributed by atoms with Gasteiger partial charge in [-0.15, -0.1) is 0 Å². The zero-order chi connectivity index (χ0) is 13.5. The molecule has 0 aliphatic heterocycles. The maximum absolute atomic E-state index is 6.29. The van der Waals surface area contributed by atoms with Crippen LogP contribution >= 0.6 is 0 Å². The summed E-state index contributed by atoms with van der Waals surface area (Å²) in [6.07, 6.45) is 7.03. The molecule has 2 heterocycles. The van der Waals surface area contributed by atoms with Gasteiger partial charge in [0.1, 0.15) is 5.76 Å². The lowest BCUT2D eigenvalue weighted by atomic mass is 9.74. The molecule has 2 N–H and O–H groups in total. The van der Waals surface area contributed by atoms with E-state index in [-0.39, 0.29) is 6.04 Å². The van der Waals surface area contributed by atoms with Crippen molar-refractivity contribution in [3.8, 4) is 0 Å². The molecule has 3 rings (SSSR count). The lowest BCUT2D eigenvalue weighted by Gasteiger charge is -2.34. The Labute approximate surface area is 114 Å². The number of fused-ring (bicyclic) bond motifs is 1. The molecule has 102 valence electrons. The van der Waals surface area contributed by atoms with Gasteiger partial charge in [-0.2, -0.15) is 0 Å². The molecule has 3 heteroatoms. The second kappa shape index (κ2) is 4.57. The van der Waals surface area contributed by atoms with Crippen molar-refractivity contribution in [3.63, 3.8) is 0 Å². The Morgan fingerprint density at radius 2 is 2.26 bits per heavy atom. The van der Waals surface area contributed by atoms with Gasteiger partial charge in [-0.3, -0.25) is 0 Å². The molecule has 0 saturated carbocycles. The van der Waals surface area contributed by atoms with Crippen molar-refractivity contribution in [2.24, 2.45) is 11.1 Å². The van der Waals surface area contributed by atoms with E-state index in [0.29, 0.717) is 5.41 Å². The molecule has 0 bridgehead atoms. The number of aryl methyl sites for hydroxylation is 2. The first-order valence-corrected chi connectivity index (χ1v) is 7.01. The minimum Gasteiger partial charge on any atom is -0.469 e. The normalized spacial score (nSPS) is 21.3. The third kappa shape index (κ3) is 2.47. The summed E-state index contributed by atoms with van der Waals surface area (Å²) in [6, 6.07) is 6.35. The highest BCUT2D eigenvalue weighted by molar-refractivity contribution is 5.30. The molecule has 19 heavy (non-hydrogen) atoms. The highest BCUT2D eigenvalue weighted by Gasteiger charge is 2.32. The summed E-state index contributed by atoms with van der Waals surface area (Å²) in [4.78, 5) is 0. The third-order valence-corrected chi connectivity index (χ3v) is 4.11. The summed E-state index contributed by atoms with van der Waals surface area (Å²) in [5.41, 5.74) is 9.34. The van der Waals surface area contributed by atoms with Crippen molar-refractivity contribution in [1.29, 1.82) is 0 Å². The standard InChI is InChI=1S/C16H22N2O/c1-16(2)10-14(17)13-6-8-18(15(13)11-16)7-5-12-4-3-9-19-12/h3-4,6,8-9,14H,5,7,10-11,17H2,1-2H3. The Kier molecular flexibility index (Phi) is 3.02. The molecule has 0 aromatic carbocycles. The van der Waals surface area contributed by atoms with Crippen molar-refractivity contribution in [1.82, 2.24) is 4.57 Å². The Balaban J connectivity index is 1.80. The smallest absolute Gasteiger partial charge is 0.105 e. The molecular formula is C16H22N2O. The van der Waals surface area contributed by atoms with Crippen molar-refractivity contribution in [3.05, 3.63) is 47.7 Å². The van der Waals surface area contributed by atoms with Gasteiger partial charge in [0, 0.05) is 30.9 Å². The van der Waals surface area contributed by atoms with E-state index in [9.17, 15) is 0 Å². The molecule has 2 aromatic heterocycles. The Morgan fingerprint density at radius 3 is 3.00 bits per heavy atom. The van der Waals surface area contributed by atoms with Crippen LogP contribution in [0.15, 0.2) is 35.1 Å². The molecule has 1 unspecified atom stereocenters. The first kappa shape index (κ1) is 12.5. The van der Waals surface area contributed by atoms with Gasteiger partial charge in [0.25, 0.3) is 0 Å². The van der Waals surface area contributed by atoms with E-state index < -0.39 is 0 Å². The van der Waals surface area contributed by atoms with Gasteiger partial charge >= 0.3 is 0 Å². The van der Waals surface area contributed by atoms with Crippen molar-refractivity contribution in [2.75, 3.05) is 0 Å². The van der Waals surface area contributed by atoms with Crippen LogP contribution in [-0.2, 0) is 19.4 Å². The predicted molar refractivity (Wildman–Crippen MR) is 75.9 cm³/mol. The van der Waals surface area contributed by atoms with Crippen LogP contribution in [0.2, 0.25) is 0 Å². The van der Waals surface area contributed by atoms with Gasteiger partial charge < -0.3 is 14.7 Å². The predicted octanol–water partition coefficient (Wildman–Crippen LogP) is 3.30. The SMILES string of the molecule is CC1(C)Cc2c(ccn2CCc2ccco2)C(N)C1. The summed E-state index contributed by atoms with van der Waals surface area (Å²) in [6.45, 7) is 5.57. The summed E-state index contributed by atoms with van der Waals surface area (Å²) in [5.74, 6) is 1.04. The minimum atomic E-state index is 0.184. The van der Waals surface area contributed by atoms with Crippen LogP contribution in [0.1, 0.15) is 43.3 Å². The average Bonchev–Trinajstić information content (AvgIpc) is 2.93. The van der Waals surface area contributed by atoms with Crippen LogP contribution in [0.3, 0.4) is 0 Å². The van der Waals surface area contributed by atoms with Gasteiger partial charge in [0.2, 0.25) is 0 Å². The van der Waals surface area contributed by atoms with Crippen LogP contribution in [0.25, 0.3) is 0 Å². The fourth-order valence-corrected chi connectivity index (χ4v) is 3.19. The van der Waals surface area contributed by atoms with E-state index in [4.69, 9.17) is 10.2 Å². The number of rotatable bonds is 3. The topological polar surface area (TPSA) is 44.1 Å². The Bertz CT molecular complexity index is 551. The zero-order valence-corrected chi connectivity index (χ0v) is 11.7. The van der Waals surface area contributed by atoms with E-state index in [0.717, 1.165) is 31.6 Å². The minimum absolute atomic E-state index is 0.184. The number of nitrogens with zero attached hydrogens (tertiary/aromatic N) is 1. The Morgan fingerprint density at radius 1 is 1.42 bits per heavy atom. The lowest BCUT2D eigenvalue weighted by Crippen LogP contribution is -2.30. The van der Waals surface area contributed by atoms with Gasteiger partial charge in [-0.05, 0) is 42.0 Å². The molecule has 1 atom stereocenters. The van der Waals surface area contributed by atoms with Crippen LogP contribution in [0.5, 0.6) is 0 Å². The fourth-order valence-electron chi connectivity index (χ4n) is 3.19. The summed E-state index contributed by atoms with van der Waals surface area (Å²) in [5, 5.41) is 0. The van der Waals surface area contributed by atoms with Gasteiger partial charge in [0.15, 0.2) is 0 Å². The van der Waals surface area contributed by atoms with Crippen LogP contribution in [0.4, 0.5) is 0 Å². The number of aromatic nitrogens is 1. The number of hydrogen-bond donors (Lipinski definition) is 1. The van der Waals surface area contributed by atoms with Crippen LogP contribution in [0, 0.1) is 5.41 Å². The molecule has 0 saturated heterocycles. The highest BCUT2D eigenvalue weighted by atomic mass is 16.3. The molecule has 1 aliphatic carbocycles. The molecule has 0 spiro atoms. The number of hydrogen-bond acceptors (Lipinski definition) is 2. The van der Waals surface area contributed by atoms with E-state index in [1.165, 1.54) is 11.3 Å². The molecule has 0 radical (unpaired) electrons. The first-order chi connectivity index (χ1) is 9.05. The van der Waals surface area contributed by atoms with Crippen molar-refractivity contribution < 1.29 is 4.42 Å². The third-order valence-electron chi connectivity index (χ3n) is 4.11. The second-order valence-electron chi connectivity index (χ2n) is 6.39. The van der Waals surface area contributed by atoms with Crippen molar-refractivity contribution in [2.45, 2.75) is 45.7 Å². The maximum Gasteiger partial charge on any atom is 0.105 e. The first-order valence-electron chi connectivity index (χ1n) is 7.01. The molecule has 1 aliphatic rings. The zero-order valence-electron chi connectivity index (χ0n) is 11.7. The van der Waals surface area contributed by atoms with E-state index in [1.807, 2.05) is 12.1 Å². The van der Waals surface area contributed by atoms with Crippen LogP contribution in [-0.4, -0.2) is 4.57 Å². The average molecular weight is 258 g/mol. The summed E-state index contributed by atoms with van der Waals surface area (Å²) < 4.78 is 7.75. The lowest BCUT2D eigenvalue weighted by molar-refractivity contribution is 0.275. The quantitative estimate of drug-likeness (QED) is 0.918. The summed E-state index contributed by atoms with van der Waals surface area (Å²) >= 11 is 0. The molecule has 3 nitrogen and oxygen atoms in total. The molecular weight excluding hydrogens is 236 g/mol. The highest BCUT2D eigenvalue weighted by Crippen LogP contribution is 2.39. The molecule has 0 fully saturated rings. The maximum atomic E-state index is 6.29. The second-order valence-corrected chi connectivity index (χ2v) is 6.39. The van der Waals surface area contributed by atoms with Gasteiger partial charge in [0.05, 0.1) is 6.26 Å². The molecule has 0 amide bonds. The Hall–Kier alpha value is -1.48.